The van der Waals surface area contributed by atoms with Crippen molar-refractivity contribution in [3.8, 4) is 28.3 Å². The van der Waals surface area contributed by atoms with Crippen molar-refractivity contribution in [1.29, 1.82) is 0 Å². The van der Waals surface area contributed by atoms with Crippen molar-refractivity contribution in [1.82, 2.24) is 4.98 Å². The van der Waals surface area contributed by atoms with Crippen LogP contribution in [-0.2, 0) is 31.7 Å². The van der Waals surface area contributed by atoms with Crippen molar-refractivity contribution in [3.63, 3.8) is 0 Å². The molecule has 4 aromatic rings. The first-order valence-corrected chi connectivity index (χ1v) is 14.4. The van der Waals surface area contributed by atoms with Crippen LogP contribution in [0.3, 0.4) is 0 Å². The van der Waals surface area contributed by atoms with E-state index in [1.807, 2.05) is 44.2 Å². The molecule has 1 aliphatic rings. The van der Waals surface area contributed by atoms with Gasteiger partial charge in [0.2, 0.25) is 15.9 Å². The fraction of sp³-hybridized carbons (Fsp3) is 0.300. The first-order valence-electron chi connectivity index (χ1n) is 12.9. The molecule has 2 heterocycles. The molecule has 0 bridgehead atoms. The molecule has 1 aliphatic heterocycles. The molecule has 1 fully saturated rings. The predicted octanol–water partition coefficient (Wildman–Crippen LogP) is 5.80. The topological polar surface area (TPSA) is 114 Å². The number of hydrogen-bond donors (Lipinski definition) is 1. The monoisotopic (exact) mass is 566 g/mol. The average Bonchev–Trinajstić information content (AvgIpc) is 3.35. The SMILES string of the molecule is COC1(c2cc(F)cc(OCc3nc(-c4cccc(S(N)(=O)=O)c4)c(-c4ccccc4)o3)c2)CC(C)OC(C)C1. The number of halogens is 1. The molecular weight excluding hydrogens is 535 g/mol. The van der Waals surface area contributed by atoms with Gasteiger partial charge in [0.05, 0.1) is 22.7 Å². The van der Waals surface area contributed by atoms with Gasteiger partial charge in [-0.1, -0.05) is 42.5 Å². The molecule has 1 aromatic heterocycles. The van der Waals surface area contributed by atoms with E-state index in [9.17, 15) is 12.8 Å². The van der Waals surface area contributed by atoms with Gasteiger partial charge >= 0.3 is 0 Å². The van der Waals surface area contributed by atoms with Crippen molar-refractivity contribution in [2.75, 3.05) is 7.11 Å². The Labute approximate surface area is 233 Å². The number of ether oxygens (including phenoxy) is 3. The van der Waals surface area contributed by atoms with Crippen molar-refractivity contribution >= 4 is 10.0 Å². The molecule has 1 saturated heterocycles. The third-order valence-electron chi connectivity index (χ3n) is 6.99. The number of rotatable bonds is 8. The smallest absolute Gasteiger partial charge is 0.238 e. The molecule has 3 aromatic carbocycles. The first kappa shape index (κ1) is 28.0. The minimum absolute atomic E-state index is 0.0408. The Morgan fingerprint density at radius 1 is 1.00 bits per heavy atom. The summed E-state index contributed by atoms with van der Waals surface area (Å²) in [6, 6.07) is 20.0. The van der Waals surface area contributed by atoms with Crippen LogP contribution in [-0.4, -0.2) is 32.7 Å². The second kappa shape index (κ2) is 11.1. The van der Waals surface area contributed by atoms with Crippen LogP contribution in [0.5, 0.6) is 5.75 Å². The Balaban J connectivity index is 1.47. The molecule has 5 rings (SSSR count). The van der Waals surface area contributed by atoms with E-state index in [1.165, 1.54) is 24.3 Å². The first-order chi connectivity index (χ1) is 19.1. The lowest BCUT2D eigenvalue weighted by atomic mass is 9.81. The van der Waals surface area contributed by atoms with Crippen LogP contribution in [0.25, 0.3) is 22.6 Å². The summed E-state index contributed by atoms with van der Waals surface area (Å²) in [6.07, 6.45) is 1.06. The van der Waals surface area contributed by atoms with E-state index in [2.05, 4.69) is 4.98 Å². The summed E-state index contributed by atoms with van der Waals surface area (Å²) in [6.45, 7) is 3.86. The summed E-state index contributed by atoms with van der Waals surface area (Å²) in [5.74, 6) is 0.522. The van der Waals surface area contributed by atoms with E-state index < -0.39 is 21.4 Å². The van der Waals surface area contributed by atoms with Crippen LogP contribution < -0.4 is 9.88 Å². The Hall–Kier alpha value is -3.57. The van der Waals surface area contributed by atoms with Crippen LogP contribution in [0.15, 0.2) is 82.1 Å². The minimum Gasteiger partial charge on any atom is -0.484 e. The van der Waals surface area contributed by atoms with Gasteiger partial charge in [-0.3, -0.25) is 0 Å². The number of aromatic nitrogens is 1. The van der Waals surface area contributed by atoms with E-state index in [0.717, 1.165) is 5.56 Å². The van der Waals surface area contributed by atoms with E-state index in [-0.39, 0.29) is 29.6 Å². The van der Waals surface area contributed by atoms with E-state index in [4.69, 9.17) is 23.8 Å². The third kappa shape index (κ3) is 5.95. The van der Waals surface area contributed by atoms with Gasteiger partial charge in [-0.25, -0.2) is 22.9 Å². The van der Waals surface area contributed by atoms with Crippen molar-refractivity contribution in [3.05, 3.63) is 90.1 Å². The zero-order chi connectivity index (χ0) is 28.5. The van der Waals surface area contributed by atoms with E-state index in [0.29, 0.717) is 41.2 Å². The molecule has 0 spiro atoms. The van der Waals surface area contributed by atoms with Gasteiger partial charge in [-0.2, -0.15) is 0 Å². The predicted molar refractivity (Wildman–Crippen MR) is 147 cm³/mol. The number of sulfonamides is 1. The molecule has 2 N–H and O–H groups in total. The molecule has 0 saturated carbocycles. The van der Waals surface area contributed by atoms with Gasteiger partial charge in [0.15, 0.2) is 12.4 Å². The van der Waals surface area contributed by atoms with Gasteiger partial charge in [0, 0.05) is 37.1 Å². The van der Waals surface area contributed by atoms with Crippen LogP contribution in [0.4, 0.5) is 4.39 Å². The van der Waals surface area contributed by atoms with Crippen molar-refractivity contribution in [2.24, 2.45) is 5.14 Å². The molecular formula is C30H31FN2O6S. The summed E-state index contributed by atoms with van der Waals surface area (Å²) in [4.78, 5) is 4.58. The fourth-order valence-electron chi connectivity index (χ4n) is 5.31. The zero-order valence-electron chi connectivity index (χ0n) is 22.5. The molecule has 0 amide bonds. The van der Waals surface area contributed by atoms with Gasteiger partial charge in [0.1, 0.15) is 17.3 Å². The van der Waals surface area contributed by atoms with Crippen LogP contribution in [0.1, 0.15) is 38.1 Å². The normalized spacial score (nSPS) is 21.3. The summed E-state index contributed by atoms with van der Waals surface area (Å²) < 4.78 is 62.6. The number of nitrogens with zero attached hydrogens (tertiary/aromatic N) is 1. The van der Waals surface area contributed by atoms with E-state index >= 15 is 0 Å². The maximum atomic E-state index is 14.8. The fourth-order valence-corrected chi connectivity index (χ4v) is 5.87. The van der Waals surface area contributed by atoms with Crippen LogP contribution in [0.2, 0.25) is 0 Å². The average molecular weight is 567 g/mol. The molecule has 210 valence electrons. The Morgan fingerprint density at radius 2 is 1.70 bits per heavy atom. The van der Waals surface area contributed by atoms with Crippen molar-refractivity contribution in [2.45, 2.75) is 56.0 Å². The molecule has 2 atom stereocenters. The number of methoxy groups -OCH3 is 1. The summed E-state index contributed by atoms with van der Waals surface area (Å²) >= 11 is 0. The Bertz CT molecular complexity index is 1600. The third-order valence-corrected chi connectivity index (χ3v) is 7.90. The molecule has 10 heteroatoms. The highest BCUT2D eigenvalue weighted by Gasteiger charge is 2.41. The van der Waals surface area contributed by atoms with Gasteiger partial charge < -0.3 is 18.6 Å². The summed E-state index contributed by atoms with van der Waals surface area (Å²) in [5.41, 5.74) is 1.65. The van der Waals surface area contributed by atoms with Crippen LogP contribution in [0, 0.1) is 5.82 Å². The number of hydrogen-bond acceptors (Lipinski definition) is 7. The Morgan fingerprint density at radius 3 is 2.38 bits per heavy atom. The van der Waals surface area contributed by atoms with Gasteiger partial charge in [-0.15, -0.1) is 0 Å². The highest BCUT2D eigenvalue weighted by molar-refractivity contribution is 7.89. The molecule has 40 heavy (non-hydrogen) atoms. The standard InChI is InChI=1S/C30H31FN2O6S/c1-19-16-30(36-3,17-20(2)38-19)23-13-24(31)15-25(14-23)37-18-27-33-28(29(39-27)21-8-5-4-6-9-21)22-10-7-11-26(12-22)40(32,34)35/h4-15,19-20H,16-18H2,1-3H3,(H2,32,34,35). The number of primary sulfonamides is 1. The number of oxazole rings is 1. The van der Waals surface area contributed by atoms with Gasteiger partial charge in [0.25, 0.3) is 0 Å². The number of benzene rings is 3. The molecule has 0 radical (unpaired) electrons. The zero-order valence-corrected chi connectivity index (χ0v) is 23.3. The maximum Gasteiger partial charge on any atom is 0.238 e. The lowest BCUT2D eigenvalue weighted by Gasteiger charge is -2.42. The summed E-state index contributed by atoms with van der Waals surface area (Å²) in [7, 11) is -2.29. The van der Waals surface area contributed by atoms with Gasteiger partial charge in [-0.05, 0) is 43.7 Å². The number of nitrogens with two attached hydrogens (primary N) is 1. The largest absolute Gasteiger partial charge is 0.484 e. The highest BCUT2D eigenvalue weighted by Crippen LogP contribution is 2.42. The Kier molecular flexibility index (Phi) is 7.78. The molecule has 2 unspecified atom stereocenters. The quantitative estimate of drug-likeness (QED) is 0.287. The molecule has 8 nitrogen and oxygen atoms in total. The van der Waals surface area contributed by atoms with Crippen molar-refractivity contribution < 1.29 is 31.4 Å². The lowest BCUT2D eigenvalue weighted by Crippen LogP contribution is -2.42. The maximum absolute atomic E-state index is 14.8. The lowest BCUT2D eigenvalue weighted by molar-refractivity contribution is -0.152. The highest BCUT2D eigenvalue weighted by atomic mass is 32.2. The second-order valence-corrected chi connectivity index (χ2v) is 11.6. The molecule has 0 aliphatic carbocycles. The summed E-state index contributed by atoms with van der Waals surface area (Å²) in [5, 5.41) is 5.34. The minimum atomic E-state index is -3.92. The van der Waals surface area contributed by atoms with E-state index in [1.54, 1.807) is 25.3 Å². The van der Waals surface area contributed by atoms with Crippen LogP contribution >= 0.6 is 0 Å². The second-order valence-electron chi connectivity index (χ2n) is 10.1.